The van der Waals surface area contributed by atoms with Gasteiger partial charge in [-0.25, -0.2) is 9.59 Å². The fourth-order valence-corrected chi connectivity index (χ4v) is 2.55. The molecule has 0 bridgehead atoms. The minimum absolute atomic E-state index is 0.0529. The number of rotatable bonds is 6. The normalized spacial score (nSPS) is 14.0. The van der Waals surface area contributed by atoms with Crippen LogP contribution >= 0.6 is 0 Å². The summed E-state index contributed by atoms with van der Waals surface area (Å²) in [6.45, 7) is 1.92. The largest absolute Gasteiger partial charge is 0.466 e. The van der Waals surface area contributed by atoms with Crippen molar-refractivity contribution in [2.45, 2.75) is 19.8 Å². The molecule has 1 heterocycles. The molecule has 1 N–H and O–H groups in total. The Morgan fingerprint density at radius 1 is 1.19 bits per heavy atom. The van der Waals surface area contributed by atoms with Gasteiger partial charge >= 0.3 is 11.9 Å². The molecule has 1 aromatic carbocycles. The van der Waals surface area contributed by atoms with Crippen molar-refractivity contribution in [3.05, 3.63) is 35.5 Å². The molecule has 1 aliphatic rings. The molecule has 2 rings (SSSR count). The van der Waals surface area contributed by atoms with Crippen molar-refractivity contribution in [2.24, 2.45) is 0 Å². The number of benzene rings is 1. The van der Waals surface area contributed by atoms with E-state index in [2.05, 4.69) is 5.32 Å². The molecule has 1 amide bonds. The zero-order valence-corrected chi connectivity index (χ0v) is 15.0. The van der Waals surface area contributed by atoms with Gasteiger partial charge in [-0.3, -0.25) is 4.79 Å². The zero-order chi connectivity index (χ0) is 19.1. The van der Waals surface area contributed by atoms with Crippen LogP contribution in [0.2, 0.25) is 0 Å². The highest BCUT2D eigenvalue weighted by molar-refractivity contribution is 6.03. The number of anilines is 2. The van der Waals surface area contributed by atoms with Crippen LogP contribution in [0.5, 0.6) is 0 Å². The van der Waals surface area contributed by atoms with Crippen LogP contribution < -0.4 is 10.2 Å². The van der Waals surface area contributed by atoms with Gasteiger partial charge in [-0.1, -0.05) is 13.0 Å². The molecule has 26 heavy (non-hydrogen) atoms. The highest BCUT2D eigenvalue weighted by Crippen LogP contribution is 2.28. The Bertz CT molecular complexity index is 728. The van der Waals surface area contributed by atoms with Gasteiger partial charge in [0, 0.05) is 17.8 Å². The van der Waals surface area contributed by atoms with Gasteiger partial charge in [-0.2, -0.15) is 0 Å². The lowest BCUT2D eigenvalue weighted by Crippen LogP contribution is -2.38. The van der Waals surface area contributed by atoms with Crippen molar-refractivity contribution >= 4 is 29.2 Å². The zero-order valence-electron chi connectivity index (χ0n) is 15.0. The second-order valence-electron chi connectivity index (χ2n) is 5.56. The highest BCUT2D eigenvalue weighted by atomic mass is 16.5. The Morgan fingerprint density at radius 3 is 2.58 bits per heavy atom. The summed E-state index contributed by atoms with van der Waals surface area (Å²) in [5.41, 5.74) is 1.28. The average Bonchev–Trinajstić information content (AvgIpc) is 2.66. The summed E-state index contributed by atoms with van der Waals surface area (Å²) >= 11 is 0. The third kappa shape index (κ3) is 4.40. The molecule has 1 aliphatic heterocycles. The molecule has 0 spiro atoms. The fourth-order valence-electron chi connectivity index (χ4n) is 2.55. The summed E-state index contributed by atoms with van der Waals surface area (Å²) in [5, 5.41) is 2.80. The monoisotopic (exact) mass is 362 g/mol. The van der Waals surface area contributed by atoms with E-state index in [4.69, 9.17) is 14.2 Å². The molecule has 0 aliphatic carbocycles. The quantitative estimate of drug-likeness (QED) is 0.771. The topological polar surface area (TPSA) is 94.2 Å². The number of carbonyl (C=O) groups is 3. The lowest BCUT2D eigenvalue weighted by atomic mass is 10.1. The van der Waals surface area contributed by atoms with Gasteiger partial charge in [-0.05, 0) is 24.6 Å². The Balaban J connectivity index is 2.40. The minimum atomic E-state index is -0.672. The van der Waals surface area contributed by atoms with E-state index < -0.39 is 11.9 Å². The molecule has 0 fully saturated rings. The predicted octanol–water partition coefficient (Wildman–Crippen LogP) is 1.82. The number of nitrogens with one attached hydrogen (secondary N) is 1. The van der Waals surface area contributed by atoms with Gasteiger partial charge in [0.2, 0.25) is 5.91 Å². The van der Waals surface area contributed by atoms with E-state index in [-0.39, 0.29) is 30.5 Å². The van der Waals surface area contributed by atoms with Gasteiger partial charge < -0.3 is 24.4 Å². The van der Waals surface area contributed by atoms with Crippen molar-refractivity contribution in [3.8, 4) is 0 Å². The van der Waals surface area contributed by atoms with Crippen molar-refractivity contribution in [1.82, 2.24) is 0 Å². The molecule has 8 heteroatoms. The van der Waals surface area contributed by atoms with Crippen LogP contribution in [0.25, 0.3) is 0 Å². The van der Waals surface area contributed by atoms with Crippen LogP contribution in [0, 0.1) is 0 Å². The Labute approximate surface area is 151 Å². The van der Waals surface area contributed by atoms with E-state index >= 15 is 0 Å². The number of nitrogens with zero attached hydrogens (tertiary/aromatic N) is 1. The average molecular weight is 362 g/mol. The van der Waals surface area contributed by atoms with E-state index in [9.17, 15) is 14.4 Å². The Hall–Kier alpha value is -2.87. The third-order valence-corrected chi connectivity index (χ3v) is 3.75. The first-order chi connectivity index (χ1) is 12.5. The Kier molecular flexibility index (Phi) is 6.74. The number of methoxy groups -OCH3 is 2. The molecule has 8 nitrogen and oxygen atoms in total. The number of ether oxygens (including phenoxy) is 3. The van der Waals surface area contributed by atoms with Gasteiger partial charge in [-0.15, -0.1) is 0 Å². The lowest BCUT2D eigenvalue weighted by Gasteiger charge is -2.31. The number of esters is 2. The fraction of sp³-hybridized carbons (Fsp3) is 0.389. The maximum atomic E-state index is 12.3. The molecular weight excluding hydrogens is 340 g/mol. The minimum Gasteiger partial charge on any atom is -0.466 e. The first kappa shape index (κ1) is 19.5. The van der Waals surface area contributed by atoms with Crippen molar-refractivity contribution in [3.63, 3.8) is 0 Å². The first-order valence-electron chi connectivity index (χ1n) is 8.16. The van der Waals surface area contributed by atoms with Crippen molar-refractivity contribution in [2.75, 3.05) is 37.8 Å². The lowest BCUT2D eigenvalue weighted by molar-refractivity contribution is -0.140. The maximum Gasteiger partial charge on any atom is 0.355 e. The first-order valence-corrected chi connectivity index (χ1v) is 8.16. The number of hydrogen-bond donors (Lipinski definition) is 1. The number of hydrogen-bond acceptors (Lipinski definition) is 7. The van der Waals surface area contributed by atoms with Crippen molar-refractivity contribution in [1.29, 1.82) is 0 Å². The summed E-state index contributed by atoms with van der Waals surface area (Å²) in [5.74, 6) is -1.44. The van der Waals surface area contributed by atoms with E-state index in [0.717, 1.165) is 6.42 Å². The van der Waals surface area contributed by atoms with Crippen LogP contribution in [-0.4, -0.2) is 45.4 Å². The molecule has 0 radical (unpaired) electrons. The molecular formula is C18H22N2O6. The highest BCUT2D eigenvalue weighted by Gasteiger charge is 2.32. The summed E-state index contributed by atoms with van der Waals surface area (Å²) in [7, 11) is 2.46. The predicted molar refractivity (Wildman–Crippen MR) is 94.3 cm³/mol. The third-order valence-electron chi connectivity index (χ3n) is 3.75. The van der Waals surface area contributed by atoms with Crippen LogP contribution in [0.3, 0.4) is 0 Å². The van der Waals surface area contributed by atoms with E-state index in [1.54, 1.807) is 24.3 Å². The van der Waals surface area contributed by atoms with Crippen LogP contribution in [-0.2, 0) is 28.6 Å². The van der Waals surface area contributed by atoms with E-state index in [0.29, 0.717) is 17.8 Å². The van der Waals surface area contributed by atoms with E-state index in [1.165, 1.54) is 19.1 Å². The van der Waals surface area contributed by atoms with Gasteiger partial charge in [0.1, 0.15) is 12.4 Å². The molecule has 0 saturated heterocycles. The van der Waals surface area contributed by atoms with E-state index in [1.807, 2.05) is 6.92 Å². The summed E-state index contributed by atoms with van der Waals surface area (Å²) in [6.07, 6.45) is 1.15. The molecule has 1 aromatic rings. The van der Waals surface area contributed by atoms with Gasteiger partial charge in [0.05, 0.1) is 26.4 Å². The molecule has 0 atom stereocenters. The summed E-state index contributed by atoms with van der Waals surface area (Å²) in [4.78, 5) is 37.6. The molecule has 140 valence electrons. The number of carbonyl (C=O) groups excluding carboxylic acids is 3. The molecule has 0 saturated carbocycles. The Morgan fingerprint density at radius 2 is 1.92 bits per heavy atom. The van der Waals surface area contributed by atoms with Crippen LogP contribution in [0.15, 0.2) is 35.5 Å². The standard InChI is InChI=1S/C18H22N2O6/c1-4-6-15(21)19-12-7-5-8-13(9-12)20-11-26-10-14(17(22)24-2)16(20)18(23)25-3/h5,7-9H,4,6,10-11H2,1-3H3,(H,19,21). The number of amides is 1. The summed E-state index contributed by atoms with van der Waals surface area (Å²) < 4.78 is 15.0. The van der Waals surface area contributed by atoms with Crippen LogP contribution in [0.1, 0.15) is 19.8 Å². The van der Waals surface area contributed by atoms with Crippen LogP contribution in [0.4, 0.5) is 11.4 Å². The molecule has 0 aromatic heterocycles. The van der Waals surface area contributed by atoms with Gasteiger partial charge in [0.15, 0.2) is 0 Å². The second kappa shape index (κ2) is 9.00. The van der Waals surface area contributed by atoms with Crippen molar-refractivity contribution < 1.29 is 28.6 Å². The van der Waals surface area contributed by atoms with Gasteiger partial charge in [0.25, 0.3) is 0 Å². The maximum absolute atomic E-state index is 12.3. The summed E-state index contributed by atoms with van der Waals surface area (Å²) in [6, 6.07) is 6.91. The second-order valence-corrected chi connectivity index (χ2v) is 5.56. The molecule has 0 unspecified atom stereocenters. The smallest absolute Gasteiger partial charge is 0.355 e. The SMILES string of the molecule is CCCC(=O)Nc1cccc(N2COCC(C(=O)OC)=C2C(=O)OC)c1.